The van der Waals surface area contributed by atoms with Crippen LogP contribution in [0.25, 0.3) is 0 Å². The van der Waals surface area contributed by atoms with Crippen molar-refractivity contribution in [2.45, 2.75) is 6.42 Å². The maximum atomic E-state index is 12.8. The Hall–Kier alpha value is -2.62. The lowest BCUT2D eigenvalue weighted by molar-refractivity contribution is -0.124. The van der Waals surface area contributed by atoms with E-state index in [2.05, 4.69) is 5.32 Å². The molecule has 0 bridgehead atoms. The number of nitrogens with zero attached hydrogens (tertiary/aromatic N) is 1. The van der Waals surface area contributed by atoms with Crippen LogP contribution in [0.15, 0.2) is 18.2 Å². The number of benzene rings is 1. The molecule has 1 rings (SSSR count). The smallest absolute Gasteiger partial charge is 0.340 e. The molecule has 0 atom stereocenters. The molecule has 1 amide bonds. The number of hydrogen-bond acceptors (Lipinski definition) is 5. The Bertz CT molecular complexity index is 525. The lowest BCUT2D eigenvalue weighted by Crippen LogP contribution is -2.29. The van der Waals surface area contributed by atoms with Gasteiger partial charge in [0.2, 0.25) is 0 Å². The average molecular weight is 265 g/mol. The number of halogens is 1. The van der Waals surface area contributed by atoms with Crippen molar-refractivity contribution in [1.82, 2.24) is 5.32 Å². The number of nitriles is 1. The molecule has 3 N–H and O–H groups in total. The van der Waals surface area contributed by atoms with Gasteiger partial charge in [-0.3, -0.25) is 4.79 Å². The van der Waals surface area contributed by atoms with Gasteiger partial charge in [0, 0.05) is 12.2 Å². The van der Waals surface area contributed by atoms with Gasteiger partial charge in [0.1, 0.15) is 5.82 Å². The number of hydrogen-bond donors (Lipinski definition) is 2. The molecule has 0 radical (unpaired) electrons. The molecule has 0 spiro atoms. The molecular formula is C12H12FN3O3. The Morgan fingerprint density at radius 1 is 1.47 bits per heavy atom. The Kier molecular flexibility index (Phi) is 5.29. The number of nitrogens with one attached hydrogen (secondary N) is 1. The van der Waals surface area contributed by atoms with E-state index in [4.69, 9.17) is 15.7 Å². The van der Waals surface area contributed by atoms with Crippen LogP contribution in [-0.4, -0.2) is 25.0 Å². The van der Waals surface area contributed by atoms with Crippen LogP contribution in [-0.2, 0) is 9.53 Å². The van der Waals surface area contributed by atoms with Crippen LogP contribution >= 0.6 is 0 Å². The first-order chi connectivity index (χ1) is 9.04. The summed E-state index contributed by atoms with van der Waals surface area (Å²) in [6.45, 7) is -0.299. The highest BCUT2D eigenvalue weighted by molar-refractivity contribution is 5.96. The van der Waals surface area contributed by atoms with Crippen molar-refractivity contribution in [2.24, 2.45) is 0 Å². The number of ether oxygens (including phenoxy) is 1. The van der Waals surface area contributed by atoms with Crippen molar-refractivity contribution in [3.05, 3.63) is 29.6 Å². The van der Waals surface area contributed by atoms with Crippen molar-refractivity contribution < 1.29 is 18.7 Å². The highest BCUT2D eigenvalue weighted by Gasteiger charge is 2.13. The summed E-state index contributed by atoms with van der Waals surface area (Å²) in [6.07, 6.45) is 0.171. The maximum absolute atomic E-state index is 12.8. The van der Waals surface area contributed by atoms with Crippen LogP contribution in [0.5, 0.6) is 0 Å². The van der Waals surface area contributed by atoms with Crippen molar-refractivity contribution >= 4 is 17.6 Å². The van der Waals surface area contributed by atoms with Gasteiger partial charge in [-0.2, -0.15) is 5.26 Å². The summed E-state index contributed by atoms with van der Waals surface area (Å²) < 4.78 is 17.5. The van der Waals surface area contributed by atoms with Gasteiger partial charge in [-0.1, -0.05) is 0 Å². The van der Waals surface area contributed by atoms with Gasteiger partial charge < -0.3 is 15.8 Å². The van der Waals surface area contributed by atoms with Crippen molar-refractivity contribution in [3.63, 3.8) is 0 Å². The maximum Gasteiger partial charge on any atom is 0.340 e. The molecule has 0 unspecified atom stereocenters. The number of nitrogens with two attached hydrogens (primary N) is 1. The molecule has 0 aliphatic rings. The third-order valence-corrected chi connectivity index (χ3v) is 2.13. The summed E-state index contributed by atoms with van der Waals surface area (Å²) >= 11 is 0. The van der Waals surface area contributed by atoms with Gasteiger partial charge in [0.15, 0.2) is 6.61 Å². The second-order valence-corrected chi connectivity index (χ2v) is 3.57. The number of nitrogen functional groups attached to an aromatic ring is 1. The molecule has 1 aromatic rings. The zero-order chi connectivity index (χ0) is 14.3. The number of carbonyl (C=O) groups is 2. The molecule has 0 aromatic heterocycles. The van der Waals surface area contributed by atoms with Gasteiger partial charge in [-0.15, -0.1) is 0 Å². The van der Waals surface area contributed by atoms with E-state index in [1.165, 1.54) is 6.07 Å². The standard InChI is InChI=1S/C12H12FN3O3/c13-8-2-3-9(10(15)6-8)12(18)19-7-11(17)16-5-1-4-14/h2-3,6H,1,5,7,15H2,(H,16,17). The van der Waals surface area contributed by atoms with Crippen molar-refractivity contribution in [1.29, 1.82) is 5.26 Å². The minimum Gasteiger partial charge on any atom is -0.452 e. The SMILES string of the molecule is N#CCCNC(=O)COC(=O)c1ccc(F)cc1N. The Balaban J connectivity index is 2.47. The average Bonchev–Trinajstić information content (AvgIpc) is 2.36. The second kappa shape index (κ2) is 6.96. The van der Waals surface area contributed by atoms with Gasteiger partial charge in [-0.25, -0.2) is 9.18 Å². The van der Waals surface area contributed by atoms with Crippen LogP contribution in [0.4, 0.5) is 10.1 Å². The zero-order valence-electron chi connectivity index (χ0n) is 9.98. The van der Waals surface area contributed by atoms with E-state index >= 15 is 0 Å². The molecule has 19 heavy (non-hydrogen) atoms. The molecular weight excluding hydrogens is 253 g/mol. The highest BCUT2D eigenvalue weighted by atomic mass is 19.1. The monoisotopic (exact) mass is 265 g/mol. The molecule has 6 nitrogen and oxygen atoms in total. The van der Waals surface area contributed by atoms with Gasteiger partial charge in [-0.05, 0) is 18.2 Å². The van der Waals surface area contributed by atoms with Crippen LogP contribution in [0.3, 0.4) is 0 Å². The molecule has 7 heteroatoms. The highest BCUT2D eigenvalue weighted by Crippen LogP contribution is 2.14. The van der Waals surface area contributed by atoms with Crippen LogP contribution < -0.4 is 11.1 Å². The van der Waals surface area contributed by atoms with Crippen LogP contribution in [0.2, 0.25) is 0 Å². The number of amides is 1. The van der Waals surface area contributed by atoms with Gasteiger partial charge in [0.25, 0.3) is 5.91 Å². The first-order valence-electron chi connectivity index (χ1n) is 5.40. The Morgan fingerprint density at radius 3 is 2.84 bits per heavy atom. The molecule has 0 aliphatic carbocycles. The fourth-order valence-corrected chi connectivity index (χ4v) is 1.24. The predicted molar refractivity (Wildman–Crippen MR) is 64.3 cm³/mol. The Labute approximate surface area is 109 Å². The summed E-state index contributed by atoms with van der Waals surface area (Å²) in [5.74, 6) is -1.90. The van der Waals surface area contributed by atoms with E-state index < -0.39 is 24.3 Å². The lowest BCUT2D eigenvalue weighted by Gasteiger charge is -2.07. The number of esters is 1. The van der Waals surface area contributed by atoms with E-state index in [1.807, 2.05) is 6.07 Å². The zero-order valence-corrected chi connectivity index (χ0v) is 9.98. The fourth-order valence-electron chi connectivity index (χ4n) is 1.24. The molecule has 0 heterocycles. The van der Waals surface area contributed by atoms with Gasteiger partial charge in [0.05, 0.1) is 18.1 Å². The van der Waals surface area contributed by atoms with Gasteiger partial charge >= 0.3 is 5.97 Å². The van der Waals surface area contributed by atoms with Crippen LogP contribution in [0, 0.1) is 17.1 Å². The molecule has 0 fully saturated rings. The largest absolute Gasteiger partial charge is 0.452 e. The fraction of sp³-hybridized carbons (Fsp3) is 0.250. The predicted octanol–water partition coefficient (Wildman–Crippen LogP) is 0.595. The summed E-state index contributed by atoms with van der Waals surface area (Å²) in [7, 11) is 0. The Morgan fingerprint density at radius 2 is 2.21 bits per heavy atom. The summed E-state index contributed by atoms with van der Waals surface area (Å²) in [4.78, 5) is 22.8. The molecule has 100 valence electrons. The number of anilines is 1. The van der Waals surface area contributed by atoms with E-state index in [0.717, 1.165) is 12.1 Å². The summed E-state index contributed by atoms with van der Waals surface area (Å²) in [6, 6.07) is 5.09. The van der Waals surface area contributed by atoms with E-state index in [0.29, 0.717) is 0 Å². The molecule has 0 saturated heterocycles. The first kappa shape index (κ1) is 14.4. The number of rotatable bonds is 5. The topological polar surface area (TPSA) is 105 Å². The normalized spacial score (nSPS) is 9.47. The second-order valence-electron chi connectivity index (χ2n) is 3.57. The van der Waals surface area contributed by atoms with E-state index in [1.54, 1.807) is 0 Å². The minimum absolute atomic E-state index is 0.00813. The lowest BCUT2D eigenvalue weighted by atomic mass is 10.2. The molecule has 1 aromatic carbocycles. The minimum atomic E-state index is -0.812. The third kappa shape index (κ3) is 4.63. The summed E-state index contributed by atoms with van der Waals surface area (Å²) in [5.41, 5.74) is 5.38. The van der Waals surface area contributed by atoms with Crippen molar-refractivity contribution in [2.75, 3.05) is 18.9 Å². The van der Waals surface area contributed by atoms with E-state index in [9.17, 15) is 14.0 Å². The summed E-state index contributed by atoms with van der Waals surface area (Å²) in [5, 5.41) is 10.7. The van der Waals surface area contributed by atoms with Crippen molar-refractivity contribution in [3.8, 4) is 6.07 Å². The van der Waals surface area contributed by atoms with E-state index in [-0.39, 0.29) is 24.2 Å². The first-order valence-corrected chi connectivity index (χ1v) is 5.40. The number of carbonyl (C=O) groups excluding carboxylic acids is 2. The molecule has 0 saturated carbocycles. The molecule has 0 aliphatic heterocycles. The van der Waals surface area contributed by atoms with Crippen LogP contribution in [0.1, 0.15) is 16.8 Å². The third-order valence-electron chi connectivity index (χ3n) is 2.13. The quantitative estimate of drug-likeness (QED) is 0.460.